The van der Waals surface area contributed by atoms with Crippen molar-refractivity contribution >= 4 is 11.5 Å². The molecule has 5 heteroatoms. The Morgan fingerprint density at radius 1 is 0.957 bits per heavy atom. The standard InChI is InChI=1S/C18H14F3NO/c19-18(20,21)16-8-6-14(7-9-16)15-10-17(23)22(12-15)11-13-4-2-1-3-5-13/h1-10H,11-12H2. The van der Waals surface area contributed by atoms with Crippen LogP contribution in [0.2, 0.25) is 0 Å². The van der Waals surface area contributed by atoms with E-state index in [4.69, 9.17) is 0 Å². The van der Waals surface area contributed by atoms with Crippen LogP contribution in [0, 0.1) is 0 Å². The van der Waals surface area contributed by atoms with E-state index in [-0.39, 0.29) is 5.91 Å². The third-order valence-corrected chi connectivity index (χ3v) is 3.77. The molecule has 0 atom stereocenters. The molecule has 3 rings (SSSR count). The fraction of sp³-hybridized carbons (Fsp3) is 0.167. The first-order valence-electron chi connectivity index (χ1n) is 7.14. The van der Waals surface area contributed by atoms with E-state index in [1.165, 1.54) is 18.2 Å². The molecule has 0 fully saturated rings. The van der Waals surface area contributed by atoms with Gasteiger partial charge in [-0.1, -0.05) is 42.5 Å². The van der Waals surface area contributed by atoms with Crippen molar-refractivity contribution in [3.63, 3.8) is 0 Å². The lowest BCUT2D eigenvalue weighted by Crippen LogP contribution is -2.25. The molecule has 0 saturated carbocycles. The molecule has 1 amide bonds. The maximum Gasteiger partial charge on any atom is 0.416 e. The minimum absolute atomic E-state index is 0.122. The fourth-order valence-electron chi connectivity index (χ4n) is 2.56. The summed E-state index contributed by atoms with van der Waals surface area (Å²) >= 11 is 0. The Morgan fingerprint density at radius 3 is 2.22 bits per heavy atom. The Labute approximate surface area is 131 Å². The summed E-state index contributed by atoms with van der Waals surface area (Å²) < 4.78 is 37.8. The number of alkyl halides is 3. The van der Waals surface area contributed by atoms with Crippen LogP contribution in [-0.4, -0.2) is 17.4 Å². The van der Waals surface area contributed by atoms with Gasteiger partial charge in [0.25, 0.3) is 0 Å². The number of rotatable bonds is 3. The van der Waals surface area contributed by atoms with Gasteiger partial charge in [-0.25, -0.2) is 0 Å². The Bertz CT molecular complexity index is 733. The van der Waals surface area contributed by atoms with Crippen molar-refractivity contribution < 1.29 is 18.0 Å². The molecule has 23 heavy (non-hydrogen) atoms. The number of hydrogen-bond acceptors (Lipinski definition) is 1. The molecule has 2 nitrogen and oxygen atoms in total. The van der Waals surface area contributed by atoms with Crippen LogP contribution in [0.1, 0.15) is 16.7 Å². The molecule has 1 aliphatic rings. The number of carbonyl (C=O) groups is 1. The van der Waals surface area contributed by atoms with E-state index >= 15 is 0 Å². The fourth-order valence-corrected chi connectivity index (χ4v) is 2.56. The van der Waals surface area contributed by atoms with Crippen LogP contribution < -0.4 is 0 Å². The van der Waals surface area contributed by atoms with Gasteiger partial charge >= 0.3 is 6.18 Å². The van der Waals surface area contributed by atoms with Crippen molar-refractivity contribution in [2.45, 2.75) is 12.7 Å². The first-order chi connectivity index (χ1) is 10.9. The van der Waals surface area contributed by atoms with E-state index in [0.29, 0.717) is 18.7 Å². The van der Waals surface area contributed by atoms with Crippen molar-refractivity contribution in [2.75, 3.05) is 6.54 Å². The van der Waals surface area contributed by atoms with Gasteiger partial charge in [-0.3, -0.25) is 4.79 Å². The molecule has 0 radical (unpaired) electrons. The third kappa shape index (κ3) is 3.44. The first-order valence-corrected chi connectivity index (χ1v) is 7.14. The highest BCUT2D eigenvalue weighted by Gasteiger charge is 2.30. The minimum Gasteiger partial charge on any atom is -0.330 e. The second-order valence-electron chi connectivity index (χ2n) is 5.42. The number of benzene rings is 2. The van der Waals surface area contributed by atoms with Crippen molar-refractivity contribution in [2.24, 2.45) is 0 Å². The molecule has 1 heterocycles. The Hall–Kier alpha value is -2.56. The molecule has 0 N–H and O–H groups in total. The van der Waals surface area contributed by atoms with Crippen molar-refractivity contribution in [3.05, 3.63) is 77.4 Å². The summed E-state index contributed by atoms with van der Waals surface area (Å²) in [5, 5.41) is 0. The second kappa shape index (κ2) is 5.91. The summed E-state index contributed by atoms with van der Waals surface area (Å²) in [5.41, 5.74) is 1.71. The second-order valence-corrected chi connectivity index (χ2v) is 5.42. The molecule has 0 bridgehead atoms. The smallest absolute Gasteiger partial charge is 0.330 e. The highest BCUT2D eigenvalue weighted by atomic mass is 19.4. The predicted octanol–water partition coefficient (Wildman–Crippen LogP) is 4.13. The molecule has 1 aliphatic heterocycles. The van der Waals surface area contributed by atoms with Crippen LogP contribution in [-0.2, 0) is 17.5 Å². The molecule has 0 saturated heterocycles. The van der Waals surface area contributed by atoms with Crippen LogP contribution in [0.3, 0.4) is 0 Å². The zero-order valence-electron chi connectivity index (χ0n) is 12.2. The molecular formula is C18H14F3NO. The van der Waals surface area contributed by atoms with Crippen LogP contribution in [0.5, 0.6) is 0 Å². The number of carbonyl (C=O) groups excluding carboxylic acids is 1. The lowest BCUT2D eigenvalue weighted by molar-refractivity contribution is -0.137. The van der Waals surface area contributed by atoms with Crippen molar-refractivity contribution in [1.82, 2.24) is 4.90 Å². The predicted molar refractivity (Wildman–Crippen MR) is 81.3 cm³/mol. The summed E-state index contributed by atoms with van der Waals surface area (Å²) in [7, 11) is 0. The van der Waals surface area contributed by atoms with Gasteiger partial charge in [0.2, 0.25) is 5.91 Å². The highest BCUT2D eigenvalue weighted by molar-refractivity contribution is 6.00. The van der Waals surface area contributed by atoms with Gasteiger partial charge in [-0.2, -0.15) is 13.2 Å². The number of nitrogens with zero attached hydrogens (tertiary/aromatic N) is 1. The van der Waals surface area contributed by atoms with E-state index in [9.17, 15) is 18.0 Å². The lowest BCUT2D eigenvalue weighted by atomic mass is 10.0. The van der Waals surface area contributed by atoms with Crippen molar-refractivity contribution in [3.8, 4) is 0 Å². The average molecular weight is 317 g/mol. The number of halogens is 3. The quantitative estimate of drug-likeness (QED) is 0.833. The Kier molecular flexibility index (Phi) is 3.94. The van der Waals surface area contributed by atoms with Gasteiger partial charge in [-0.15, -0.1) is 0 Å². The molecule has 0 unspecified atom stereocenters. The lowest BCUT2D eigenvalue weighted by Gasteiger charge is -2.17. The first kappa shape index (κ1) is 15.3. The van der Waals surface area contributed by atoms with Gasteiger partial charge in [0.05, 0.1) is 5.56 Å². The van der Waals surface area contributed by atoms with E-state index in [1.54, 1.807) is 4.90 Å². The SMILES string of the molecule is O=C1C=C(c2ccc(C(F)(F)F)cc2)CN1Cc1ccccc1. The summed E-state index contributed by atoms with van der Waals surface area (Å²) in [6.07, 6.45) is -2.86. The highest BCUT2D eigenvalue weighted by Crippen LogP contribution is 2.31. The van der Waals surface area contributed by atoms with Gasteiger partial charge in [0, 0.05) is 19.2 Å². The van der Waals surface area contributed by atoms with Gasteiger partial charge < -0.3 is 4.90 Å². The number of amides is 1. The van der Waals surface area contributed by atoms with E-state index in [0.717, 1.165) is 23.3 Å². The summed E-state index contributed by atoms with van der Waals surface area (Å²) in [4.78, 5) is 13.7. The van der Waals surface area contributed by atoms with Crippen LogP contribution in [0.4, 0.5) is 13.2 Å². The topological polar surface area (TPSA) is 20.3 Å². The largest absolute Gasteiger partial charge is 0.416 e. The Morgan fingerprint density at radius 2 is 1.61 bits per heavy atom. The van der Waals surface area contributed by atoms with Crippen LogP contribution in [0.25, 0.3) is 5.57 Å². The average Bonchev–Trinajstić information content (AvgIpc) is 2.89. The zero-order chi connectivity index (χ0) is 16.4. The molecule has 0 aliphatic carbocycles. The summed E-state index contributed by atoms with van der Waals surface area (Å²) in [5.74, 6) is -0.122. The maximum absolute atomic E-state index is 12.6. The molecule has 2 aromatic rings. The van der Waals surface area contributed by atoms with Crippen molar-refractivity contribution in [1.29, 1.82) is 0 Å². The monoisotopic (exact) mass is 317 g/mol. The van der Waals surface area contributed by atoms with Gasteiger partial charge in [-0.05, 0) is 28.8 Å². The van der Waals surface area contributed by atoms with Crippen LogP contribution in [0.15, 0.2) is 60.7 Å². The minimum atomic E-state index is -4.35. The normalized spacial score (nSPS) is 15.0. The van der Waals surface area contributed by atoms with E-state index in [1.807, 2.05) is 30.3 Å². The maximum atomic E-state index is 12.6. The summed E-state index contributed by atoms with van der Waals surface area (Å²) in [6, 6.07) is 14.5. The van der Waals surface area contributed by atoms with E-state index in [2.05, 4.69) is 0 Å². The number of hydrogen-bond donors (Lipinski definition) is 0. The molecule has 118 valence electrons. The molecule has 0 aromatic heterocycles. The third-order valence-electron chi connectivity index (χ3n) is 3.77. The summed E-state index contributed by atoms with van der Waals surface area (Å²) in [6.45, 7) is 0.888. The van der Waals surface area contributed by atoms with Gasteiger partial charge in [0.15, 0.2) is 0 Å². The van der Waals surface area contributed by atoms with Crippen LogP contribution >= 0.6 is 0 Å². The molecular weight excluding hydrogens is 303 g/mol. The van der Waals surface area contributed by atoms with Gasteiger partial charge in [0.1, 0.15) is 0 Å². The molecule has 2 aromatic carbocycles. The van der Waals surface area contributed by atoms with E-state index < -0.39 is 11.7 Å². The Balaban J connectivity index is 1.73. The molecule has 0 spiro atoms. The zero-order valence-corrected chi connectivity index (χ0v) is 12.2.